The first-order valence-corrected chi connectivity index (χ1v) is 7.09. The van der Waals surface area contributed by atoms with Crippen LogP contribution in [0.15, 0.2) is 18.2 Å². The molecule has 114 valence electrons. The molecule has 1 aromatic carbocycles. The van der Waals surface area contributed by atoms with E-state index in [0.29, 0.717) is 17.2 Å². The first-order valence-electron chi connectivity index (χ1n) is 7.09. The first-order chi connectivity index (χ1) is 9.95. The third-order valence-electron chi connectivity index (χ3n) is 3.97. The molecule has 1 atom stereocenters. The van der Waals surface area contributed by atoms with E-state index >= 15 is 0 Å². The zero-order chi connectivity index (χ0) is 15.6. The van der Waals surface area contributed by atoms with Crippen LogP contribution < -0.4 is 4.90 Å². The number of rotatable bonds is 4. The van der Waals surface area contributed by atoms with Crippen LogP contribution in [0.2, 0.25) is 0 Å². The van der Waals surface area contributed by atoms with Gasteiger partial charge in [-0.3, -0.25) is 10.1 Å². The average molecular weight is 292 g/mol. The van der Waals surface area contributed by atoms with E-state index in [0.717, 1.165) is 19.4 Å². The summed E-state index contributed by atoms with van der Waals surface area (Å²) in [7, 11) is 1.30. The molecule has 0 amide bonds. The zero-order valence-electron chi connectivity index (χ0n) is 12.5. The fourth-order valence-electron chi connectivity index (χ4n) is 2.94. The molecule has 1 aliphatic rings. The second kappa shape index (κ2) is 6.11. The predicted molar refractivity (Wildman–Crippen MR) is 79.6 cm³/mol. The second-order valence-corrected chi connectivity index (χ2v) is 5.60. The minimum absolute atomic E-state index is 0.0372. The van der Waals surface area contributed by atoms with Crippen molar-refractivity contribution in [2.75, 3.05) is 18.6 Å². The van der Waals surface area contributed by atoms with E-state index in [4.69, 9.17) is 4.74 Å². The molecule has 0 N–H and O–H groups in total. The number of nitro groups is 1. The number of benzene rings is 1. The summed E-state index contributed by atoms with van der Waals surface area (Å²) in [6, 6.07) is 4.66. The Balaban J connectivity index is 2.48. The van der Waals surface area contributed by atoms with Crippen LogP contribution in [0, 0.1) is 16.0 Å². The topological polar surface area (TPSA) is 72.7 Å². The number of esters is 1. The molecule has 1 heterocycles. The van der Waals surface area contributed by atoms with Gasteiger partial charge in [-0.15, -0.1) is 0 Å². The Morgan fingerprint density at radius 1 is 1.48 bits per heavy atom. The number of methoxy groups -OCH3 is 1. The lowest BCUT2D eigenvalue weighted by atomic mass is 10.0. The van der Waals surface area contributed by atoms with Gasteiger partial charge in [0.15, 0.2) is 0 Å². The van der Waals surface area contributed by atoms with Crippen molar-refractivity contribution in [1.82, 2.24) is 0 Å². The van der Waals surface area contributed by atoms with E-state index in [-0.39, 0.29) is 11.7 Å². The summed E-state index contributed by atoms with van der Waals surface area (Å²) >= 11 is 0. The Morgan fingerprint density at radius 3 is 2.76 bits per heavy atom. The summed E-state index contributed by atoms with van der Waals surface area (Å²) in [6.45, 7) is 4.99. The van der Waals surface area contributed by atoms with E-state index in [1.165, 1.54) is 19.2 Å². The van der Waals surface area contributed by atoms with Gasteiger partial charge in [0.1, 0.15) is 5.69 Å². The highest BCUT2D eigenvalue weighted by molar-refractivity contribution is 5.91. The molecule has 6 heteroatoms. The average Bonchev–Trinajstić information content (AvgIpc) is 2.95. The van der Waals surface area contributed by atoms with Crippen LogP contribution in [0.1, 0.15) is 37.0 Å². The summed E-state index contributed by atoms with van der Waals surface area (Å²) in [5.41, 5.74) is 0.891. The number of hydrogen-bond acceptors (Lipinski definition) is 5. The van der Waals surface area contributed by atoms with E-state index in [1.54, 1.807) is 6.07 Å². The maximum atomic E-state index is 11.7. The van der Waals surface area contributed by atoms with Gasteiger partial charge in [0.2, 0.25) is 0 Å². The lowest BCUT2D eigenvalue weighted by Crippen LogP contribution is -2.33. The van der Waals surface area contributed by atoms with Gasteiger partial charge in [-0.2, -0.15) is 0 Å². The lowest BCUT2D eigenvalue weighted by molar-refractivity contribution is -0.384. The van der Waals surface area contributed by atoms with Crippen molar-refractivity contribution in [3.8, 4) is 0 Å². The fourth-order valence-corrected chi connectivity index (χ4v) is 2.94. The van der Waals surface area contributed by atoms with Gasteiger partial charge < -0.3 is 9.64 Å². The molecule has 1 aliphatic heterocycles. The molecular formula is C15H20N2O4. The Hall–Kier alpha value is -2.11. The molecule has 1 unspecified atom stereocenters. The largest absolute Gasteiger partial charge is 0.465 e. The highest BCUT2D eigenvalue weighted by atomic mass is 16.6. The van der Waals surface area contributed by atoms with E-state index < -0.39 is 10.9 Å². The fraction of sp³-hybridized carbons (Fsp3) is 0.533. The number of nitro benzene ring substituents is 1. The van der Waals surface area contributed by atoms with Crippen LogP contribution in [0.25, 0.3) is 0 Å². The quantitative estimate of drug-likeness (QED) is 0.484. The molecule has 0 bridgehead atoms. The van der Waals surface area contributed by atoms with Gasteiger partial charge >= 0.3 is 5.97 Å². The van der Waals surface area contributed by atoms with E-state index in [1.807, 2.05) is 0 Å². The van der Waals surface area contributed by atoms with Crippen molar-refractivity contribution >= 4 is 17.3 Å². The first kappa shape index (κ1) is 15.3. The van der Waals surface area contributed by atoms with Crippen molar-refractivity contribution in [3.05, 3.63) is 33.9 Å². The molecule has 1 fully saturated rings. The molecule has 2 rings (SSSR count). The monoisotopic (exact) mass is 292 g/mol. The summed E-state index contributed by atoms with van der Waals surface area (Å²) in [4.78, 5) is 24.6. The molecule has 0 aliphatic carbocycles. The number of carbonyl (C=O) groups excluding carboxylic acids is 1. The molecule has 6 nitrogen and oxygen atoms in total. The van der Waals surface area contributed by atoms with Gasteiger partial charge in [-0.25, -0.2) is 4.79 Å². The summed E-state index contributed by atoms with van der Waals surface area (Å²) in [5, 5.41) is 11.3. The second-order valence-electron chi connectivity index (χ2n) is 5.60. The standard InChI is InChI=1S/C15H20N2O4/c1-10(2)12-5-4-8-16(12)14-9-11(15(18)21-3)6-7-13(14)17(19)20/h6-7,9-10,12H,4-5,8H2,1-3H3. The van der Waals surface area contributed by atoms with E-state index in [2.05, 4.69) is 18.7 Å². The number of anilines is 1. The van der Waals surface area contributed by atoms with Gasteiger partial charge in [0.05, 0.1) is 17.6 Å². The molecule has 0 radical (unpaired) electrons. The van der Waals surface area contributed by atoms with Crippen molar-refractivity contribution in [3.63, 3.8) is 0 Å². The number of carbonyl (C=O) groups is 1. The Labute approximate surface area is 123 Å². The van der Waals surface area contributed by atoms with Gasteiger partial charge in [-0.05, 0) is 30.9 Å². The Bertz CT molecular complexity index is 557. The number of nitrogens with zero attached hydrogens (tertiary/aromatic N) is 2. The zero-order valence-corrected chi connectivity index (χ0v) is 12.5. The van der Waals surface area contributed by atoms with Crippen molar-refractivity contribution in [2.24, 2.45) is 5.92 Å². The molecular weight excluding hydrogens is 272 g/mol. The molecule has 1 aromatic rings. The normalized spacial score (nSPS) is 18.1. The minimum atomic E-state index is -0.480. The maximum Gasteiger partial charge on any atom is 0.337 e. The van der Waals surface area contributed by atoms with Crippen molar-refractivity contribution < 1.29 is 14.5 Å². The molecule has 21 heavy (non-hydrogen) atoms. The van der Waals surface area contributed by atoms with Gasteiger partial charge in [0, 0.05) is 18.7 Å². The SMILES string of the molecule is COC(=O)c1ccc([N+](=O)[O-])c(N2CCCC2C(C)C)c1. The highest BCUT2D eigenvalue weighted by Gasteiger charge is 2.32. The molecule has 1 saturated heterocycles. The third kappa shape index (κ3) is 2.99. The van der Waals surface area contributed by atoms with Crippen LogP contribution in [0.5, 0.6) is 0 Å². The van der Waals surface area contributed by atoms with Crippen LogP contribution in [0.3, 0.4) is 0 Å². The highest BCUT2D eigenvalue weighted by Crippen LogP contribution is 2.36. The third-order valence-corrected chi connectivity index (χ3v) is 3.97. The summed E-state index contributed by atoms with van der Waals surface area (Å²) < 4.78 is 4.70. The minimum Gasteiger partial charge on any atom is -0.465 e. The van der Waals surface area contributed by atoms with Crippen molar-refractivity contribution in [1.29, 1.82) is 0 Å². The maximum absolute atomic E-state index is 11.7. The number of ether oxygens (including phenoxy) is 1. The molecule has 0 spiro atoms. The molecule has 0 aromatic heterocycles. The van der Waals surface area contributed by atoms with Gasteiger partial charge in [0.25, 0.3) is 5.69 Å². The summed E-state index contributed by atoms with van der Waals surface area (Å²) in [5.74, 6) is -0.0830. The predicted octanol–water partition coefficient (Wildman–Crippen LogP) is 3.01. The summed E-state index contributed by atoms with van der Waals surface area (Å²) in [6.07, 6.45) is 2.01. The van der Waals surface area contributed by atoms with E-state index in [9.17, 15) is 14.9 Å². The van der Waals surface area contributed by atoms with Crippen LogP contribution in [-0.4, -0.2) is 30.6 Å². The van der Waals surface area contributed by atoms with Crippen LogP contribution in [0.4, 0.5) is 11.4 Å². The Morgan fingerprint density at radius 2 is 2.19 bits per heavy atom. The van der Waals surface area contributed by atoms with Gasteiger partial charge in [-0.1, -0.05) is 13.8 Å². The van der Waals surface area contributed by atoms with Crippen LogP contribution >= 0.6 is 0 Å². The smallest absolute Gasteiger partial charge is 0.337 e. The number of hydrogen-bond donors (Lipinski definition) is 0. The van der Waals surface area contributed by atoms with Crippen LogP contribution in [-0.2, 0) is 4.74 Å². The van der Waals surface area contributed by atoms with Crippen molar-refractivity contribution in [2.45, 2.75) is 32.7 Å². The lowest BCUT2D eigenvalue weighted by Gasteiger charge is -2.29. The Kier molecular flexibility index (Phi) is 4.45. The molecule has 0 saturated carbocycles.